The Morgan fingerprint density at radius 2 is 0.717 bits per heavy atom. The van der Waals surface area contributed by atoms with E-state index < -0.39 is 11.9 Å². The molecule has 244 valence electrons. The summed E-state index contributed by atoms with van der Waals surface area (Å²) in [4.78, 5) is 54.9. The summed E-state index contributed by atoms with van der Waals surface area (Å²) in [6.07, 6.45) is 1.22. The average Bonchev–Trinajstić information content (AvgIpc) is 3.84. The third kappa shape index (κ3) is 7.62. The van der Waals surface area contributed by atoms with Gasteiger partial charge in [0.05, 0.1) is 0 Å². The molecule has 5 rings (SSSR count). The fourth-order valence-corrected chi connectivity index (χ4v) is 5.32. The molecule has 0 aromatic carbocycles. The van der Waals surface area contributed by atoms with Gasteiger partial charge < -0.3 is 47.5 Å². The number of carbonyl (C=O) groups excluding carboxylic acids is 2. The number of hydrogen-bond donors (Lipinski definition) is 2. The maximum absolute atomic E-state index is 12.0. The topological polar surface area (TPSA) is 174 Å². The first-order valence-electron chi connectivity index (χ1n) is 15.0. The first-order chi connectivity index (χ1) is 22.1. The first-order valence-corrected chi connectivity index (χ1v) is 15.0. The molecule has 2 N–H and O–H groups in total. The number of carboxylic acid groups (broad SMARTS) is 2. The maximum atomic E-state index is 12.0. The van der Waals surface area contributed by atoms with Crippen molar-refractivity contribution in [2.24, 2.45) is 0 Å². The molecular weight excluding hydrogens is 600 g/mol. The lowest BCUT2D eigenvalue weighted by molar-refractivity contribution is 0.0653. The quantitative estimate of drug-likeness (QED) is 0.248. The summed E-state index contributed by atoms with van der Waals surface area (Å²) >= 11 is 0. The van der Waals surface area contributed by atoms with E-state index >= 15 is 0 Å². The zero-order valence-corrected chi connectivity index (χ0v) is 25.6. The molecule has 0 amide bonds. The fraction of sp³-hybridized carbons (Fsp3) is 0.375. The second-order valence-corrected chi connectivity index (χ2v) is 10.9. The lowest BCUT2D eigenvalue weighted by Gasteiger charge is -2.32. The zero-order valence-electron chi connectivity index (χ0n) is 25.6. The highest BCUT2D eigenvalue weighted by Crippen LogP contribution is 2.26. The predicted molar refractivity (Wildman–Crippen MR) is 167 cm³/mol. The molecule has 5 heterocycles. The van der Waals surface area contributed by atoms with Gasteiger partial charge in [-0.15, -0.1) is 0 Å². The average molecular weight is 637 g/mol. The summed E-state index contributed by atoms with van der Waals surface area (Å²) in [6.45, 7) is 6.71. The van der Waals surface area contributed by atoms with Crippen LogP contribution in [0.25, 0.3) is 0 Å². The van der Waals surface area contributed by atoms with E-state index in [9.17, 15) is 29.4 Å². The van der Waals surface area contributed by atoms with Gasteiger partial charge in [0.2, 0.25) is 11.5 Å². The van der Waals surface area contributed by atoms with Crippen LogP contribution < -0.4 is 19.6 Å². The third-order valence-corrected chi connectivity index (χ3v) is 7.72. The molecule has 1 fully saturated rings. The number of furan rings is 4. The van der Waals surface area contributed by atoms with E-state index in [0.717, 1.165) is 0 Å². The number of anilines is 4. The van der Waals surface area contributed by atoms with Gasteiger partial charge >= 0.3 is 11.9 Å². The minimum Gasteiger partial charge on any atom is -0.475 e. The van der Waals surface area contributed by atoms with Crippen LogP contribution in [0, 0.1) is 0 Å². The fourth-order valence-electron chi connectivity index (χ4n) is 5.32. The van der Waals surface area contributed by atoms with Gasteiger partial charge in [0.15, 0.2) is 46.6 Å². The van der Waals surface area contributed by atoms with E-state index in [1.165, 1.54) is 26.0 Å². The molecule has 1 aliphatic heterocycles. The summed E-state index contributed by atoms with van der Waals surface area (Å²) in [5.41, 5.74) is 0. The van der Waals surface area contributed by atoms with Crippen LogP contribution in [0.2, 0.25) is 0 Å². The van der Waals surface area contributed by atoms with Crippen LogP contribution in [0.5, 0.6) is 0 Å². The normalized spacial score (nSPS) is 15.5. The number of rotatable bonds is 8. The summed E-state index contributed by atoms with van der Waals surface area (Å²) in [5.74, 6) is -0.693. The molecule has 4 aromatic rings. The molecule has 1 saturated heterocycles. The van der Waals surface area contributed by atoms with Gasteiger partial charge in [0.1, 0.15) is 0 Å². The Morgan fingerprint density at radius 1 is 0.457 bits per heavy atom. The van der Waals surface area contributed by atoms with Crippen molar-refractivity contribution < 1.29 is 47.1 Å². The Hall–Kier alpha value is -5.40. The van der Waals surface area contributed by atoms with Gasteiger partial charge in [-0.2, -0.15) is 0 Å². The molecule has 14 heteroatoms. The highest BCUT2D eigenvalue weighted by atomic mass is 16.4. The van der Waals surface area contributed by atoms with E-state index in [0.29, 0.717) is 88.7 Å². The van der Waals surface area contributed by atoms with Gasteiger partial charge in [-0.3, -0.25) is 9.59 Å². The number of carbonyl (C=O) groups is 4. The highest BCUT2D eigenvalue weighted by Gasteiger charge is 2.23. The van der Waals surface area contributed by atoms with Gasteiger partial charge in [0.25, 0.3) is 0 Å². The Kier molecular flexibility index (Phi) is 9.84. The molecule has 4 aromatic heterocycles. The van der Waals surface area contributed by atoms with Crippen LogP contribution >= 0.6 is 0 Å². The summed E-state index contributed by atoms with van der Waals surface area (Å²) < 4.78 is 23.1. The van der Waals surface area contributed by atoms with E-state index in [1.807, 2.05) is 19.6 Å². The number of carboxylic acids is 2. The monoisotopic (exact) mass is 636 g/mol. The number of Topliss-reactive ketones (excluding diaryl/α,β-unsaturated/α-hetero) is 2. The minimum absolute atomic E-state index is 0.165. The van der Waals surface area contributed by atoms with Crippen molar-refractivity contribution >= 4 is 47.0 Å². The smallest absolute Gasteiger partial charge is 0.371 e. The Morgan fingerprint density at radius 3 is 0.935 bits per heavy atom. The number of nitrogens with zero attached hydrogens (tertiary/aromatic N) is 4. The Labute approximate surface area is 264 Å². The van der Waals surface area contributed by atoms with Crippen molar-refractivity contribution in [1.82, 2.24) is 0 Å². The number of aromatic carboxylic acids is 2. The minimum atomic E-state index is -1.16. The van der Waals surface area contributed by atoms with Crippen molar-refractivity contribution in [3.05, 3.63) is 71.6 Å². The van der Waals surface area contributed by atoms with Crippen molar-refractivity contribution in [1.29, 1.82) is 0 Å². The van der Waals surface area contributed by atoms with E-state index in [2.05, 4.69) is 0 Å². The molecule has 0 aliphatic carbocycles. The SMILES string of the molecule is CC(=O)c1ccc(N2CCCN(c3ccc(C(=O)O)o3)CCN(c3ccc(C(C)=O)o3)CCCN(c3ccc(C(=O)O)o3)CC2)o1. The van der Waals surface area contributed by atoms with Crippen LogP contribution in [0.15, 0.2) is 66.2 Å². The second-order valence-electron chi connectivity index (χ2n) is 10.9. The van der Waals surface area contributed by atoms with Crippen LogP contribution in [-0.4, -0.2) is 86.1 Å². The van der Waals surface area contributed by atoms with Crippen LogP contribution in [0.4, 0.5) is 23.5 Å². The van der Waals surface area contributed by atoms with E-state index in [-0.39, 0.29) is 34.6 Å². The summed E-state index contributed by atoms with van der Waals surface area (Å²) in [6, 6.07) is 12.9. The molecule has 0 spiro atoms. The van der Waals surface area contributed by atoms with Gasteiger partial charge in [-0.1, -0.05) is 0 Å². The van der Waals surface area contributed by atoms with Crippen LogP contribution in [0.3, 0.4) is 0 Å². The number of hydrogen-bond acceptors (Lipinski definition) is 12. The summed E-state index contributed by atoms with van der Waals surface area (Å²) in [5, 5.41) is 18.9. The van der Waals surface area contributed by atoms with Crippen molar-refractivity contribution in [3.8, 4) is 0 Å². The molecule has 46 heavy (non-hydrogen) atoms. The van der Waals surface area contributed by atoms with E-state index in [1.54, 1.807) is 36.4 Å². The first kappa shape index (κ1) is 32.0. The molecular formula is C32H36N4O10. The third-order valence-electron chi connectivity index (χ3n) is 7.72. The lowest BCUT2D eigenvalue weighted by atomic mass is 10.2. The van der Waals surface area contributed by atoms with E-state index in [4.69, 9.17) is 17.7 Å². The van der Waals surface area contributed by atoms with Crippen molar-refractivity contribution in [2.75, 3.05) is 72.0 Å². The predicted octanol–water partition coefficient (Wildman–Crippen LogP) is 4.98. The zero-order chi connectivity index (χ0) is 32.8. The lowest BCUT2D eigenvalue weighted by Crippen LogP contribution is -2.41. The highest BCUT2D eigenvalue weighted by molar-refractivity contribution is 5.92. The molecule has 0 atom stereocenters. The second kappa shape index (κ2) is 14.1. The Balaban J connectivity index is 1.44. The molecule has 1 aliphatic rings. The van der Waals surface area contributed by atoms with Gasteiger partial charge in [-0.05, 0) is 37.1 Å². The molecule has 14 nitrogen and oxygen atoms in total. The Bertz CT molecular complexity index is 1440. The van der Waals surface area contributed by atoms with Crippen molar-refractivity contribution in [3.63, 3.8) is 0 Å². The standard InChI is InChI=1S/C32H36N4O10/c1-21(37)23-5-9-27(43-23)33-13-3-15-36(30-12-8-26(46-30)32(41)42)20-18-34(28-10-6-24(44-28)22(2)38)14-4-16-35(19-17-33)29-11-7-25(45-29)31(39)40/h5-12H,3-4,13-20H2,1-2H3,(H,39,40)(H,41,42). The molecule has 0 unspecified atom stereocenters. The molecule has 0 bridgehead atoms. The molecule has 0 saturated carbocycles. The van der Waals surface area contributed by atoms with Gasteiger partial charge in [-0.25, -0.2) is 9.59 Å². The van der Waals surface area contributed by atoms with Crippen LogP contribution in [-0.2, 0) is 0 Å². The van der Waals surface area contributed by atoms with Gasteiger partial charge in [0, 0.05) is 90.5 Å². The summed E-state index contributed by atoms with van der Waals surface area (Å²) in [7, 11) is 0. The largest absolute Gasteiger partial charge is 0.475 e. The maximum Gasteiger partial charge on any atom is 0.371 e. The molecule has 0 radical (unpaired) electrons. The van der Waals surface area contributed by atoms with Crippen molar-refractivity contribution in [2.45, 2.75) is 26.7 Å². The number of ketones is 2. The van der Waals surface area contributed by atoms with Crippen LogP contribution in [0.1, 0.15) is 68.9 Å².